The number of esters is 2. The number of carbonyl (C=O) groups is 2. The van der Waals surface area contributed by atoms with Crippen molar-refractivity contribution in [3.8, 4) is 0 Å². The van der Waals surface area contributed by atoms with E-state index in [4.69, 9.17) is 14.2 Å². The van der Waals surface area contributed by atoms with Gasteiger partial charge < -0.3 is 19.3 Å². The summed E-state index contributed by atoms with van der Waals surface area (Å²) in [6.45, 7) is 9.21. The van der Waals surface area contributed by atoms with Gasteiger partial charge in [0.25, 0.3) is 0 Å². The standard InChI is InChI=1S/C19H28O6/c1-5-24-18-8-16(4)7-17(22,10-18)11-19(9-16,12-18)25-14(20)6-23-15(21)13(2)3/h22H,2,5-12H2,1,3-4H3. The van der Waals surface area contributed by atoms with Gasteiger partial charge in [0.05, 0.1) is 11.2 Å². The molecule has 0 amide bonds. The lowest BCUT2D eigenvalue weighted by atomic mass is 9.45. The van der Waals surface area contributed by atoms with Gasteiger partial charge in [0.2, 0.25) is 0 Å². The van der Waals surface area contributed by atoms with Crippen molar-refractivity contribution in [2.24, 2.45) is 5.41 Å². The van der Waals surface area contributed by atoms with E-state index in [0.717, 1.165) is 6.42 Å². The van der Waals surface area contributed by atoms with Crippen LogP contribution in [-0.2, 0) is 23.8 Å². The third-order valence-corrected chi connectivity index (χ3v) is 5.65. The summed E-state index contributed by atoms with van der Waals surface area (Å²) in [5, 5.41) is 11.1. The molecular weight excluding hydrogens is 324 g/mol. The molecule has 0 aromatic heterocycles. The van der Waals surface area contributed by atoms with Gasteiger partial charge >= 0.3 is 11.9 Å². The summed E-state index contributed by atoms with van der Waals surface area (Å²) < 4.78 is 16.8. The predicted octanol–water partition coefficient (Wildman–Crippen LogP) is 2.28. The largest absolute Gasteiger partial charge is 0.456 e. The first-order chi connectivity index (χ1) is 11.5. The number of hydrogen-bond donors (Lipinski definition) is 1. The van der Waals surface area contributed by atoms with Gasteiger partial charge in [-0.2, -0.15) is 0 Å². The van der Waals surface area contributed by atoms with Crippen molar-refractivity contribution < 1.29 is 28.9 Å². The molecule has 0 saturated heterocycles. The summed E-state index contributed by atoms with van der Waals surface area (Å²) in [6, 6.07) is 0. The molecule has 0 radical (unpaired) electrons. The third kappa shape index (κ3) is 3.47. The van der Waals surface area contributed by atoms with Crippen LogP contribution in [0.4, 0.5) is 0 Å². The van der Waals surface area contributed by atoms with Crippen molar-refractivity contribution in [3.63, 3.8) is 0 Å². The van der Waals surface area contributed by atoms with Gasteiger partial charge in [-0.05, 0) is 38.5 Å². The van der Waals surface area contributed by atoms with E-state index in [1.54, 1.807) is 0 Å². The molecule has 140 valence electrons. The highest BCUT2D eigenvalue weighted by Crippen LogP contribution is 2.66. The van der Waals surface area contributed by atoms with Gasteiger partial charge in [0, 0.05) is 31.4 Å². The van der Waals surface area contributed by atoms with Crippen LogP contribution in [0.5, 0.6) is 0 Å². The lowest BCUT2D eigenvalue weighted by Gasteiger charge is -2.67. The van der Waals surface area contributed by atoms with Crippen LogP contribution in [0.15, 0.2) is 12.2 Å². The van der Waals surface area contributed by atoms with Crippen LogP contribution in [0.1, 0.15) is 59.3 Å². The Kier molecular flexibility index (Phi) is 4.27. The van der Waals surface area contributed by atoms with E-state index < -0.39 is 35.3 Å². The average molecular weight is 352 g/mol. The second kappa shape index (κ2) is 5.81. The molecule has 0 aromatic carbocycles. The van der Waals surface area contributed by atoms with Crippen LogP contribution >= 0.6 is 0 Å². The molecule has 1 N–H and O–H groups in total. The molecule has 0 heterocycles. The number of rotatable bonds is 6. The van der Waals surface area contributed by atoms with E-state index in [2.05, 4.69) is 13.5 Å². The normalized spacial score (nSPS) is 41.4. The Bertz CT molecular complexity index is 591. The molecule has 4 saturated carbocycles. The zero-order valence-electron chi connectivity index (χ0n) is 15.4. The van der Waals surface area contributed by atoms with Gasteiger partial charge in [-0.25, -0.2) is 9.59 Å². The molecule has 4 unspecified atom stereocenters. The van der Waals surface area contributed by atoms with Crippen molar-refractivity contribution in [2.75, 3.05) is 13.2 Å². The fourth-order valence-corrected chi connectivity index (χ4v) is 5.97. The Hall–Kier alpha value is -1.40. The minimum absolute atomic E-state index is 0.118. The lowest BCUT2D eigenvalue weighted by molar-refractivity contribution is -0.292. The third-order valence-electron chi connectivity index (χ3n) is 5.65. The molecule has 4 fully saturated rings. The predicted molar refractivity (Wildman–Crippen MR) is 89.7 cm³/mol. The van der Waals surface area contributed by atoms with Gasteiger partial charge in [-0.15, -0.1) is 0 Å². The Labute approximate surface area is 148 Å². The fraction of sp³-hybridized carbons (Fsp3) is 0.789. The maximum Gasteiger partial charge on any atom is 0.344 e. The zero-order chi connectivity index (χ0) is 18.5. The van der Waals surface area contributed by atoms with E-state index in [1.807, 2.05) is 6.92 Å². The van der Waals surface area contributed by atoms with E-state index in [9.17, 15) is 14.7 Å². The van der Waals surface area contributed by atoms with Gasteiger partial charge in [-0.3, -0.25) is 0 Å². The molecule has 4 bridgehead atoms. The van der Waals surface area contributed by atoms with Crippen molar-refractivity contribution in [1.82, 2.24) is 0 Å². The second-order valence-electron chi connectivity index (χ2n) is 8.73. The van der Waals surface area contributed by atoms with Gasteiger partial charge in [0.1, 0.15) is 5.60 Å². The maximum atomic E-state index is 12.3. The monoisotopic (exact) mass is 352 g/mol. The Morgan fingerprint density at radius 2 is 1.72 bits per heavy atom. The topological polar surface area (TPSA) is 82.1 Å². The minimum atomic E-state index is -0.868. The van der Waals surface area contributed by atoms with E-state index in [1.165, 1.54) is 6.92 Å². The average Bonchev–Trinajstić information content (AvgIpc) is 2.39. The van der Waals surface area contributed by atoms with E-state index in [-0.39, 0.29) is 11.0 Å². The number of hydrogen-bond acceptors (Lipinski definition) is 6. The maximum absolute atomic E-state index is 12.3. The quantitative estimate of drug-likeness (QED) is 0.583. The summed E-state index contributed by atoms with van der Waals surface area (Å²) in [7, 11) is 0. The molecule has 4 aliphatic rings. The Morgan fingerprint density at radius 1 is 1.08 bits per heavy atom. The summed E-state index contributed by atoms with van der Waals surface area (Å²) in [6.07, 6.45) is 3.89. The van der Waals surface area contributed by atoms with Crippen LogP contribution in [0.25, 0.3) is 0 Å². The molecule has 25 heavy (non-hydrogen) atoms. The van der Waals surface area contributed by atoms with E-state index in [0.29, 0.717) is 38.7 Å². The molecule has 0 spiro atoms. The first-order valence-corrected chi connectivity index (χ1v) is 8.93. The van der Waals surface area contributed by atoms with Crippen LogP contribution in [0.3, 0.4) is 0 Å². The van der Waals surface area contributed by atoms with Crippen LogP contribution in [0.2, 0.25) is 0 Å². The highest BCUT2D eigenvalue weighted by molar-refractivity contribution is 5.88. The molecule has 6 heteroatoms. The highest BCUT2D eigenvalue weighted by atomic mass is 16.6. The Balaban J connectivity index is 1.75. The Morgan fingerprint density at radius 3 is 2.32 bits per heavy atom. The molecule has 0 aromatic rings. The fourth-order valence-electron chi connectivity index (χ4n) is 5.97. The SMILES string of the molecule is C=C(C)C(=O)OCC(=O)OC12CC3(C)CC(O)(CC(OCC)(C3)C1)C2. The number of ether oxygens (including phenoxy) is 3. The first kappa shape index (κ1) is 18.4. The summed E-state index contributed by atoms with van der Waals surface area (Å²) in [5.74, 6) is -1.20. The smallest absolute Gasteiger partial charge is 0.344 e. The van der Waals surface area contributed by atoms with Gasteiger partial charge in [0.15, 0.2) is 6.61 Å². The highest BCUT2D eigenvalue weighted by Gasteiger charge is 2.69. The number of carbonyl (C=O) groups excluding carboxylic acids is 2. The molecule has 6 nitrogen and oxygen atoms in total. The summed E-state index contributed by atoms with van der Waals surface area (Å²) in [5.41, 5.74) is -1.94. The van der Waals surface area contributed by atoms with Crippen LogP contribution in [0, 0.1) is 5.41 Å². The van der Waals surface area contributed by atoms with Crippen LogP contribution < -0.4 is 0 Å². The molecule has 4 atom stereocenters. The summed E-state index contributed by atoms with van der Waals surface area (Å²) in [4.78, 5) is 23.7. The van der Waals surface area contributed by atoms with Crippen molar-refractivity contribution in [1.29, 1.82) is 0 Å². The molecular formula is C19H28O6. The van der Waals surface area contributed by atoms with Crippen LogP contribution in [-0.4, -0.2) is 47.1 Å². The molecule has 4 rings (SSSR count). The van der Waals surface area contributed by atoms with Crippen molar-refractivity contribution in [3.05, 3.63) is 12.2 Å². The van der Waals surface area contributed by atoms with E-state index >= 15 is 0 Å². The second-order valence-corrected chi connectivity index (χ2v) is 8.73. The zero-order valence-corrected chi connectivity index (χ0v) is 15.4. The first-order valence-electron chi connectivity index (χ1n) is 8.93. The molecule has 4 aliphatic carbocycles. The van der Waals surface area contributed by atoms with Crippen molar-refractivity contribution >= 4 is 11.9 Å². The summed E-state index contributed by atoms with van der Waals surface area (Å²) >= 11 is 0. The lowest BCUT2D eigenvalue weighted by Crippen LogP contribution is -2.70. The molecule has 0 aliphatic heterocycles. The van der Waals surface area contributed by atoms with Crippen molar-refractivity contribution in [2.45, 2.75) is 76.1 Å². The van der Waals surface area contributed by atoms with Gasteiger partial charge in [-0.1, -0.05) is 13.5 Å². The minimum Gasteiger partial charge on any atom is -0.456 e. The number of aliphatic hydroxyl groups is 1.